The van der Waals surface area contributed by atoms with Crippen LogP contribution < -0.4 is 4.74 Å². The fourth-order valence-corrected chi connectivity index (χ4v) is 2.60. The van der Waals surface area contributed by atoms with E-state index in [1.165, 1.54) is 36.0 Å². The van der Waals surface area contributed by atoms with Crippen molar-refractivity contribution in [2.75, 3.05) is 26.7 Å². The molecule has 0 unspecified atom stereocenters. The van der Waals surface area contributed by atoms with E-state index in [0.29, 0.717) is 0 Å². The van der Waals surface area contributed by atoms with E-state index in [9.17, 15) is 0 Å². The number of halogens is 1. The molecule has 1 aromatic carbocycles. The Kier molecular flexibility index (Phi) is 4.24. The molecule has 88 valence electrons. The van der Waals surface area contributed by atoms with Gasteiger partial charge < -0.3 is 9.64 Å². The monoisotopic (exact) mass is 283 g/mol. The minimum atomic E-state index is 0.944. The highest BCUT2D eigenvalue weighted by atomic mass is 79.9. The molecule has 2 rings (SSSR count). The molecular weight excluding hydrogens is 266 g/mol. The van der Waals surface area contributed by atoms with Crippen LogP contribution in [-0.2, 0) is 6.42 Å². The first-order chi connectivity index (χ1) is 7.79. The minimum Gasteiger partial charge on any atom is -0.497 e. The third-order valence-corrected chi connectivity index (χ3v) is 3.92. The van der Waals surface area contributed by atoms with Gasteiger partial charge in [0, 0.05) is 11.0 Å². The molecule has 0 aliphatic carbocycles. The van der Waals surface area contributed by atoms with Crippen LogP contribution >= 0.6 is 15.9 Å². The minimum absolute atomic E-state index is 0.944. The van der Waals surface area contributed by atoms with E-state index in [0.717, 1.165) is 18.7 Å². The average Bonchev–Trinajstić information content (AvgIpc) is 2.81. The predicted octanol–water partition coefficient (Wildman–Crippen LogP) is 3.10. The summed E-state index contributed by atoms with van der Waals surface area (Å²) in [6.45, 7) is 3.69. The Bertz CT molecular complexity index is 348. The Morgan fingerprint density at radius 2 is 2.06 bits per heavy atom. The molecule has 0 atom stereocenters. The molecule has 16 heavy (non-hydrogen) atoms. The molecule has 1 fully saturated rings. The lowest BCUT2D eigenvalue weighted by Crippen LogP contribution is -2.22. The van der Waals surface area contributed by atoms with Gasteiger partial charge in [0.05, 0.1) is 7.11 Å². The molecule has 0 bridgehead atoms. The van der Waals surface area contributed by atoms with Crippen molar-refractivity contribution in [2.45, 2.75) is 19.3 Å². The number of likely N-dealkylation sites (tertiary alicyclic amines) is 1. The zero-order chi connectivity index (χ0) is 11.4. The molecular formula is C13H18BrNO. The molecule has 0 aromatic heterocycles. The largest absolute Gasteiger partial charge is 0.497 e. The van der Waals surface area contributed by atoms with E-state index < -0.39 is 0 Å². The Morgan fingerprint density at radius 1 is 1.31 bits per heavy atom. The van der Waals surface area contributed by atoms with E-state index >= 15 is 0 Å². The molecule has 0 N–H and O–H groups in total. The zero-order valence-corrected chi connectivity index (χ0v) is 11.3. The SMILES string of the molecule is COc1ccc(Br)c(CCN2CCCC2)c1. The topological polar surface area (TPSA) is 12.5 Å². The first-order valence-electron chi connectivity index (χ1n) is 5.84. The van der Waals surface area contributed by atoms with Crippen molar-refractivity contribution in [3.63, 3.8) is 0 Å². The fourth-order valence-electron chi connectivity index (χ4n) is 2.15. The van der Waals surface area contributed by atoms with Gasteiger partial charge in [-0.1, -0.05) is 15.9 Å². The standard InChI is InChI=1S/C13H18BrNO/c1-16-12-4-5-13(14)11(10-12)6-9-15-7-2-3-8-15/h4-5,10H,2-3,6-9H2,1H3. The smallest absolute Gasteiger partial charge is 0.119 e. The normalized spacial score (nSPS) is 16.6. The van der Waals surface area contributed by atoms with Crippen molar-refractivity contribution in [1.29, 1.82) is 0 Å². The van der Waals surface area contributed by atoms with Gasteiger partial charge in [0.15, 0.2) is 0 Å². The Balaban J connectivity index is 1.96. The van der Waals surface area contributed by atoms with Crippen LogP contribution in [0.15, 0.2) is 22.7 Å². The summed E-state index contributed by atoms with van der Waals surface area (Å²) in [6, 6.07) is 6.18. The second-order valence-corrected chi connectivity index (χ2v) is 5.11. The van der Waals surface area contributed by atoms with E-state index in [4.69, 9.17) is 4.74 Å². The number of hydrogen-bond acceptors (Lipinski definition) is 2. The molecule has 3 heteroatoms. The van der Waals surface area contributed by atoms with Crippen molar-refractivity contribution in [3.05, 3.63) is 28.2 Å². The summed E-state index contributed by atoms with van der Waals surface area (Å²) in [7, 11) is 1.72. The lowest BCUT2D eigenvalue weighted by Gasteiger charge is -2.15. The van der Waals surface area contributed by atoms with Crippen molar-refractivity contribution in [3.8, 4) is 5.75 Å². The van der Waals surface area contributed by atoms with Crippen LogP contribution in [0, 0.1) is 0 Å². The van der Waals surface area contributed by atoms with Crippen molar-refractivity contribution >= 4 is 15.9 Å². The first-order valence-corrected chi connectivity index (χ1v) is 6.63. The van der Waals surface area contributed by atoms with Crippen LogP contribution in [0.2, 0.25) is 0 Å². The van der Waals surface area contributed by atoms with Crippen LogP contribution in [-0.4, -0.2) is 31.6 Å². The van der Waals surface area contributed by atoms with Gasteiger partial charge >= 0.3 is 0 Å². The lowest BCUT2D eigenvalue weighted by atomic mass is 10.1. The summed E-state index contributed by atoms with van der Waals surface area (Å²) in [4.78, 5) is 2.53. The molecule has 0 spiro atoms. The van der Waals surface area contributed by atoms with Crippen LogP contribution in [0.5, 0.6) is 5.75 Å². The van der Waals surface area contributed by atoms with Gasteiger partial charge in [-0.2, -0.15) is 0 Å². The number of nitrogens with zero attached hydrogens (tertiary/aromatic N) is 1. The second-order valence-electron chi connectivity index (χ2n) is 4.26. The molecule has 0 saturated carbocycles. The zero-order valence-electron chi connectivity index (χ0n) is 9.71. The third kappa shape index (κ3) is 2.98. The molecule has 0 radical (unpaired) electrons. The molecule has 1 aliphatic heterocycles. The summed E-state index contributed by atoms with van der Waals surface area (Å²) < 4.78 is 6.43. The van der Waals surface area contributed by atoms with Gasteiger partial charge in [-0.3, -0.25) is 0 Å². The Morgan fingerprint density at radius 3 is 2.75 bits per heavy atom. The Hall–Kier alpha value is -0.540. The molecule has 1 heterocycles. The predicted molar refractivity (Wildman–Crippen MR) is 70.1 cm³/mol. The maximum atomic E-state index is 5.25. The number of benzene rings is 1. The van der Waals surface area contributed by atoms with Gasteiger partial charge in [-0.15, -0.1) is 0 Å². The first kappa shape index (κ1) is 11.9. The highest BCUT2D eigenvalue weighted by molar-refractivity contribution is 9.10. The number of methoxy groups -OCH3 is 1. The summed E-state index contributed by atoms with van der Waals surface area (Å²) >= 11 is 3.60. The highest BCUT2D eigenvalue weighted by Crippen LogP contribution is 2.23. The molecule has 1 aliphatic rings. The van der Waals surface area contributed by atoms with Crippen molar-refractivity contribution in [2.24, 2.45) is 0 Å². The Labute approximate surface area is 106 Å². The van der Waals surface area contributed by atoms with Gasteiger partial charge in [0.25, 0.3) is 0 Å². The highest BCUT2D eigenvalue weighted by Gasteiger charge is 2.11. The summed E-state index contributed by atoms with van der Waals surface area (Å²) in [5.41, 5.74) is 1.34. The number of hydrogen-bond donors (Lipinski definition) is 0. The number of ether oxygens (including phenoxy) is 1. The van der Waals surface area contributed by atoms with Gasteiger partial charge in [0.1, 0.15) is 5.75 Å². The lowest BCUT2D eigenvalue weighted by molar-refractivity contribution is 0.343. The molecule has 1 saturated heterocycles. The van der Waals surface area contributed by atoms with Gasteiger partial charge in [0.2, 0.25) is 0 Å². The van der Waals surface area contributed by atoms with Gasteiger partial charge in [-0.05, 0) is 56.1 Å². The van der Waals surface area contributed by atoms with E-state index in [-0.39, 0.29) is 0 Å². The van der Waals surface area contributed by atoms with Crippen LogP contribution in [0.1, 0.15) is 18.4 Å². The van der Waals surface area contributed by atoms with E-state index in [1.807, 2.05) is 6.07 Å². The van der Waals surface area contributed by atoms with E-state index in [2.05, 4.69) is 33.0 Å². The van der Waals surface area contributed by atoms with Crippen LogP contribution in [0.3, 0.4) is 0 Å². The third-order valence-electron chi connectivity index (χ3n) is 3.15. The molecule has 0 amide bonds. The molecule has 1 aromatic rings. The summed E-state index contributed by atoms with van der Waals surface area (Å²) in [5.74, 6) is 0.944. The van der Waals surface area contributed by atoms with Crippen molar-refractivity contribution < 1.29 is 4.74 Å². The van der Waals surface area contributed by atoms with Crippen LogP contribution in [0.25, 0.3) is 0 Å². The fraction of sp³-hybridized carbons (Fsp3) is 0.538. The molecule has 2 nitrogen and oxygen atoms in total. The quantitative estimate of drug-likeness (QED) is 0.842. The summed E-state index contributed by atoms with van der Waals surface area (Å²) in [6.07, 6.45) is 3.82. The second kappa shape index (κ2) is 5.69. The summed E-state index contributed by atoms with van der Waals surface area (Å²) in [5, 5.41) is 0. The van der Waals surface area contributed by atoms with Gasteiger partial charge in [-0.25, -0.2) is 0 Å². The maximum Gasteiger partial charge on any atom is 0.119 e. The van der Waals surface area contributed by atoms with Crippen LogP contribution in [0.4, 0.5) is 0 Å². The maximum absolute atomic E-state index is 5.25. The van der Waals surface area contributed by atoms with Crippen molar-refractivity contribution in [1.82, 2.24) is 4.90 Å². The average molecular weight is 284 g/mol. The van der Waals surface area contributed by atoms with E-state index in [1.54, 1.807) is 7.11 Å². The number of rotatable bonds is 4.